The largest absolute Gasteiger partial charge is 0.368 e. The van der Waals surface area contributed by atoms with Gasteiger partial charge in [-0.3, -0.25) is 14.5 Å². The summed E-state index contributed by atoms with van der Waals surface area (Å²) in [5.41, 5.74) is 8.23. The highest BCUT2D eigenvalue weighted by atomic mass is 35.5. The lowest BCUT2D eigenvalue weighted by Crippen LogP contribution is -2.48. The molecule has 1 aliphatic heterocycles. The fraction of sp³-hybridized carbons (Fsp3) is 0.417. The van der Waals surface area contributed by atoms with Crippen LogP contribution in [0, 0.1) is 0 Å². The lowest BCUT2D eigenvalue weighted by molar-refractivity contribution is 0.0954. The topological polar surface area (TPSA) is 81.9 Å². The van der Waals surface area contributed by atoms with Gasteiger partial charge in [-0.2, -0.15) is 0 Å². The summed E-state index contributed by atoms with van der Waals surface area (Å²) in [5.74, 6) is -0.764. The Bertz CT molecular complexity index is 942. The second-order valence-corrected chi connectivity index (χ2v) is 8.73. The van der Waals surface area contributed by atoms with Crippen LogP contribution in [-0.2, 0) is 6.42 Å². The Morgan fingerprint density at radius 1 is 1.09 bits per heavy atom. The smallest absolute Gasteiger partial charge is 0.251 e. The van der Waals surface area contributed by atoms with Gasteiger partial charge in [-0.05, 0) is 50.3 Å². The average molecular weight is 458 g/mol. The van der Waals surface area contributed by atoms with Crippen molar-refractivity contribution in [2.24, 2.45) is 5.73 Å². The minimum absolute atomic E-state index is 0.236. The molecule has 1 saturated heterocycles. The number of rotatable bonds is 9. The van der Waals surface area contributed by atoms with Crippen molar-refractivity contribution in [3.63, 3.8) is 0 Å². The molecule has 1 heterocycles. The molecular weight excluding hydrogens is 426 g/mol. The second-order valence-electron chi connectivity index (χ2n) is 8.33. The number of hydrogen-bond donors (Lipinski definition) is 2. The number of carbonyl (C=O) groups excluding carboxylic acids is 2. The van der Waals surface area contributed by atoms with Crippen molar-refractivity contribution in [2.75, 3.05) is 64.8 Å². The maximum atomic E-state index is 12.6. The first-order chi connectivity index (χ1) is 15.3. The van der Waals surface area contributed by atoms with Gasteiger partial charge >= 0.3 is 0 Å². The van der Waals surface area contributed by atoms with E-state index < -0.39 is 5.91 Å². The quantitative estimate of drug-likeness (QED) is 0.602. The molecule has 7 nitrogen and oxygen atoms in total. The standard InChI is InChI=1S/C24H32ClN5O2/c1-28(2)11-12-29-13-15-30(16-14-29)22-8-7-19(17-20(22)23(26)31)24(32)27-10-9-18-5-3-4-6-21(18)25/h3-8,17H,9-16H2,1-2H3,(H2,26,31)(H,27,32). The van der Waals surface area contributed by atoms with Crippen LogP contribution < -0.4 is 16.0 Å². The third-order valence-corrected chi connectivity index (χ3v) is 6.11. The van der Waals surface area contributed by atoms with Crippen LogP contribution in [0.5, 0.6) is 0 Å². The molecule has 0 atom stereocenters. The van der Waals surface area contributed by atoms with Gasteiger partial charge in [-0.1, -0.05) is 29.8 Å². The highest BCUT2D eigenvalue weighted by Gasteiger charge is 2.22. The summed E-state index contributed by atoms with van der Waals surface area (Å²) in [6.07, 6.45) is 0.629. The van der Waals surface area contributed by atoms with E-state index in [2.05, 4.69) is 34.1 Å². The molecule has 0 bridgehead atoms. The Kier molecular flexibility index (Phi) is 8.50. The number of anilines is 1. The van der Waals surface area contributed by atoms with Gasteiger partial charge in [0.1, 0.15) is 0 Å². The van der Waals surface area contributed by atoms with Crippen molar-refractivity contribution in [3.05, 3.63) is 64.2 Å². The van der Waals surface area contributed by atoms with Crippen LogP contribution >= 0.6 is 11.6 Å². The van der Waals surface area contributed by atoms with E-state index in [1.165, 1.54) is 0 Å². The monoisotopic (exact) mass is 457 g/mol. The van der Waals surface area contributed by atoms with Crippen LogP contribution in [0.25, 0.3) is 0 Å². The minimum atomic E-state index is -0.527. The molecule has 0 saturated carbocycles. The molecule has 32 heavy (non-hydrogen) atoms. The van der Waals surface area contributed by atoms with Crippen LogP contribution in [0.4, 0.5) is 5.69 Å². The summed E-state index contributed by atoms with van der Waals surface area (Å²) < 4.78 is 0. The van der Waals surface area contributed by atoms with Crippen LogP contribution in [0.2, 0.25) is 5.02 Å². The molecule has 0 unspecified atom stereocenters. The molecule has 3 N–H and O–H groups in total. The Morgan fingerprint density at radius 3 is 2.47 bits per heavy atom. The van der Waals surface area contributed by atoms with Gasteiger partial charge in [0.2, 0.25) is 0 Å². The number of primary amides is 1. The molecule has 2 aromatic rings. The molecule has 172 valence electrons. The first kappa shape index (κ1) is 24.0. The van der Waals surface area contributed by atoms with E-state index in [1.807, 2.05) is 30.3 Å². The molecule has 0 aromatic heterocycles. The first-order valence-electron chi connectivity index (χ1n) is 10.9. The maximum absolute atomic E-state index is 12.6. The van der Waals surface area contributed by atoms with E-state index >= 15 is 0 Å². The third kappa shape index (κ3) is 6.45. The highest BCUT2D eigenvalue weighted by Crippen LogP contribution is 2.23. The van der Waals surface area contributed by atoms with E-state index in [-0.39, 0.29) is 5.91 Å². The van der Waals surface area contributed by atoms with Crippen molar-refractivity contribution in [1.29, 1.82) is 0 Å². The SMILES string of the molecule is CN(C)CCN1CCN(c2ccc(C(=O)NCCc3ccccc3Cl)cc2C(N)=O)CC1. The fourth-order valence-corrected chi connectivity index (χ4v) is 4.05. The van der Waals surface area contributed by atoms with Crippen molar-refractivity contribution < 1.29 is 9.59 Å². The number of nitrogens with one attached hydrogen (secondary N) is 1. The van der Waals surface area contributed by atoms with Gasteiger partial charge in [0.05, 0.1) is 5.56 Å². The summed E-state index contributed by atoms with van der Waals surface area (Å²) in [6.45, 7) is 5.98. The van der Waals surface area contributed by atoms with E-state index in [0.717, 1.165) is 50.5 Å². The zero-order valence-electron chi connectivity index (χ0n) is 18.8. The van der Waals surface area contributed by atoms with Gasteiger partial charge in [0.25, 0.3) is 11.8 Å². The summed E-state index contributed by atoms with van der Waals surface area (Å²) in [7, 11) is 4.15. The highest BCUT2D eigenvalue weighted by molar-refractivity contribution is 6.31. The number of nitrogens with zero attached hydrogens (tertiary/aromatic N) is 3. The molecule has 0 radical (unpaired) electrons. The Balaban J connectivity index is 1.61. The molecule has 3 rings (SSSR count). The lowest BCUT2D eigenvalue weighted by atomic mass is 10.1. The summed E-state index contributed by atoms with van der Waals surface area (Å²) >= 11 is 6.17. The first-order valence-corrected chi connectivity index (χ1v) is 11.3. The van der Waals surface area contributed by atoms with Gasteiger partial charge in [0, 0.05) is 62.1 Å². The van der Waals surface area contributed by atoms with Crippen molar-refractivity contribution in [2.45, 2.75) is 6.42 Å². The van der Waals surface area contributed by atoms with E-state index in [4.69, 9.17) is 17.3 Å². The van der Waals surface area contributed by atoms with Crippen LogP contribution in [-0.4, -0.2) is 81.5 Å². The van der Waals surface area contributed by atoms with Crippen LogP contribution in [0.3, 0.4) is 0 Å². The molecular formula is C24H32ClN5O2. The zero-order valence-corrected chi connectivity index (χ0v) is 19.6. The summed E-state index contributed by atoms with van der Waals surface area (Å²) in [5, 5.41) is 3.58. The molecule has 1 fully saturated rings. The Hall–Kier alpha value is -2.61. The minimum Gasteiger partial charge on any atom is -0.368 e. The zero-order chi connectivity index (χ0) is 23.1. The number of likely N-dealkylation sites (N-methyl/N-ethyl adjacent to an activating group) is 1. The number of carbonyl (C=O) groups is 2. The number of hydrogen-bond acceptors (Lipinski definition) is 5. The van der Waals surface area contributed by atoms with Crippen molar-refractivity contribution in [1.82, 2.24) is 15.1 Å². The van der Waals surface area contributed by atoms with Gasteiger partial charge < -0.3 is 20.9 Å². The Morgan fingerprint density at radius 2 is 1.81 bits per heavy atom. The molecule has 2 aromatic carbocycles. The van der Waals surface area contributed by atoms with Gasteiger partial charge in [-0.15, -0.1) is 0 Å². The number of piperazine rings is 1. The number of benzene rings is 2. The summed E-state index contributed by atoms with van der Waals surface area (Å²) in [4.78, 5) is 31.5. The van der Waals surface area contributed by atoms with E-state index in [9.17, 15) is 9.59 Å². The van der Waals surface area contributed by atoms with E-state index in [0.29, 0.717) is 29.1 Å². The van der Waals surface area contributed by atoms with Crippen LogP contribution in [0.1, 0.15) is 26.3 Å². The second kappa shape index (κ2) is 11.3. The predicted octanol–water partition coefficient (Wildman–Crippen LogP) is 2.10. The molecule has 0 spiro atoms. The lowest BCUT2D eigenvalue weighted by Gasteiger charge is -2.37. The Labute approximate surface area is 195 Å². The third-order valence-electron chi connectivity index (χ3n) is 5.74. The van der Waals surface area contributed by atoms with Crippen LogP contribution in [0.15, 0.2) is 42.5 Å². The van der Waals surface area contributed by atoms with E-state index in [1.54, 1.807) is 12.1 Å². The predicted molar refractivity (Wildman–Crippen MR) is 130 cm³/mol. The normalized spacial score (nSPS) is 14.6. The van der Waals surface area contributed by atoms with Gasteiger partial charge in [-0.25, -0.2) is 0 Å². The maximum Gasteiger partial charge on any atom is 0.251 e. The number of nitrogens with two attached hydrogens (primary N) is 1. The molecule has 1 aliphatic rings. The molecule has 0 aliphatic carbocycles. The summed E-state index contributed by atoms with van der Waals surface area (Å²) in [6, 6.07) is 12.8. The molecule has 2 amide bonds. The fourth-order valence-electron chi connectivity index (χ4n) is 3.82. The van der Waals surface area contributed by atoms with Crippen molar-refractivity contribution in [3.8, 4) is 0 Å². The van der Waals surface area contributed by atoms with Gasteiger partial charge in [0.15, 0.2) is 0 Å². The molecule has 8 heteroatoms. The number of halogens is 1. The number of amides is 2. The average Bonchev–Trinajstić information content (AvgIpc) is 2.78. The van der Waals surface area contributed by atoms with Crippen molar-refractivity contribution >= 4 is 29.1 Å².